The molecule has 0 saturated carbocycles. The first kappa shape index (κ1) is 29.7. The summed E-state index contributed by atoms with van der Waals surface area (Å²) in [7, 11) is 0. The van der Waals surface area contributed by atoms with Crippen LogP contribution in [0.5, 0.6) is 0 Å². The molecule has 4 aromatic carbocycles. The molecule has 14 heteroatoms. The Kier molecular flexibility index (Phi) is 8.40. The molecule has 0 spiro atoms. The zero-order valence-electron chi connectivity index (χ0n) is 18.7. The Balaban J connectivity index is 0.00000400. The van der Waals surface area contributed by atoms with E-state index >= 15 is 17.6 Å². The van der Waals surface area contributed by atoms with Gasteiger partial charge in [0, 0.05) is 0 Å². The Morgan fingerprint density at radius 3 is 0.658 bits per heavy atom. The largest absolute Gasteiger partial charge is 1.00 e. The van der Waals surface area contributed by atoms with E-state index in [0.717, 1.165) is 0 Å². The van der Waals surface area contributed by atoms with Crippen LogP contribution >= 0.6 is 0 Å². The minimum Gasteiger partial charge on any atom is -0.208 e. The van der Waals surface area contributed by atoms with E-state index in [1.807, 2.05) is 0 Å². The van der Waals surface area contributed by atoms with E-state index in [4.69, 9.17) is 0 Å². The Labute approximate surface area is 220 Å². The fraction of sp³-hybridized carbons (Fsp3) is 0. The minimum atomic E-state index is -6.27. The monoisotopic (exact) mass is 558 g/mol. The Morgan fingerprint density at radius 1 is 0.289 bits per heavy atom. The minimum absolute atomic E-state index is 0. The van der Waals surface area contributed by atoms with Gasteiger partial charge in [-0.2, -0.15) is 17.7 Å². The average molecular weight is 558 g/mol. The van der Waals surface area contributed by atoms with Crippen LogP contribution in [0.3, 0.4) is 0 Å². The first-order valence-electron chi connectivity index (χ1n) is 10.1. The normalized spacial score (nSPS) is 11.5. The summed E-state index contributed by atoms with van der Waals surface area (Å²) in [4.78, 5) is 0. The van der Waals surface area contributed by atoms with Crippen molar-refractivity contribution >= 4 is 30.8 Å². The summed E-state index contributed by atoms with van der Waals surface area (Å²) in [5, 5.41) is 0. The molecule has 0 aromatic heterocycles. The van der Waals surface area contributed by atoms with Crippen LogP contribution in [0.25, 0.3) is 0 Å². The first-order valence-corrected chi connectivity index (χ1v) is 12.4. The maximum absolute atomic E-state index is 15.3. The van der Waals surface area contributed by atoms with Crippen LogP contribution in [0.1, 0.15) is 0 Å². The zero-order valence-corrected chi connectivity index (χ0v) is 19.9. The van der Waals surface area contributed by atoms with Crippen molar-refractivity contribution in [2.45, 2.75) is 0 Å². The van der Waals surface area contributed by atoms with Gasteiger partial charge >= 0.3 is 18.9 Å². The Morgan fingerprint density at radius 2 is 0.474 bits per heavy atom. The molecular formula is C24H8AlF12Li. The summed E-state index contributed by atoms with van der Waals surface area (Å²) in [6.45, 7) is 0. The summed E-state index contributed by atoms with van der Waals surface area (Å²) < 4.78 is 169. The van der Waals surface area contributed by atoms with Crippen molar-refractivity contribution in [1.29, 1.82) is 0 Å². The smallest absolute Gasteiger partial charge is 0.208 e. The molecule has 0 fully saturated rings. The van der Waals surface area contributed by atoms with Gasteiger partial charge in [-0.15, -0.1) is 0 Å². The molecule has 0 atom stereocenters. The van der Waals surface area contributed by atoms with Crippen molar-refractivity contribution in [2.75, 3.05) is 0 Å². The van der Waals surface area contributed by atoms with E-state index in [9.17, 15) is 35.1 Å². The van der Waals surface area contributed by atoms with Crippen LogP contribution in [0.4, 0.5) is 52.7 Å². The predicted octanol–water partition coefficient (Wildman–Crippen LogP) is 1.74. The zero-order chi connectivity index (χ0) is 27.4. The van der Waals surface area contributed by atoms with Crippen molar-refractivity contribution in [1.82, 2.24) is 0 Å². The summed E-state index contributed by atoms with van der Waals surface area (Å²) in [6, 6.07) is 2.26. The molecule has 4 aromatic rings. The molecule has 38 heavy (non-hydrogen) atoms. The molecule has 0 amide bonds. The average Bonchev–Trinajstić information content (AvgIpc) is 2.86. The molecule has 0 bridgehead atoms. The van der Waals surface area contributed by atoms with E-state index in [1.165, 1.54) is 0 Å². The SMILES string of the molecule is Fc1cc[c]([Al-]([c]2ccc(F)c(F)c2F)([c]2ccc(F)c(F)c2F)[c]2ccc(F)c(F)c2F)c(F)c1F.[Li+]. The van der Waals surface area contributed by atoms with E-state index in [-0.39, 0.29) is 43.1 Å². The summed E-state index contributed by atoms with van der Waals surface area (Å²) >= 11 is -6.27. The molecule has 0 aliphatic heterocycles. The molecule has 0 unspecified atom stereocenters. The molecule has 0 heterocycles. The standard InChI is InChI=1S/4C6H2F3.Al.Li/c4*7-4-2-1-3-5(8)6(4)9;;/h4*1-2H;;/q;;;;-1;+1. The molecule has 0 N–H and O–H groups in total. The fourth-order valence-corrected chi connectivity index (χ4v) is 10.1. The summed E-state index contributed by atoms with van der Waals surface area (Å²) in [5.74, 6) is -25.5. The number of hydrogen-bond acceptors (Lipinski definition) is 0. The van der Waals surface area contributed by atoms with Crippen molar-refractivity contribution in [2.24, 2.45) is 0 Å². The molecule has 0 aliphatic rings. The van der Waals surface area contributed by atoms with Crippen molar-refractivity contribution in [3.8, 4) is 0 Å². The second kappa shape index (κ2) is 10.7. The van der Waals surface area contributed by atoms with E-state index in [0.29, 0.717) is 24.3 Å². The number of hydrogen-bond donors (Lipinski definition) is 0. The molecule has 192 valence electrons. The Bertz CT molecular complexity index is 1340. The second-order valence-corrected chi connectivity index (χ2v) is 12.1. The molecule has 0 saturated heterocycles. The predicted molar refractivity (Wildman–Crippen MR) is 110 cm³/mol. The summed E-state index contributed by atoms with van der Waals surface area (Å²) in [5.41, 5.74) is 0. The first-order chi connectivity index (χ1) is 17.3. The van der Waals surface area contributed by atoms with Crippen LogP contribution in [0.15, 0.2) is 48.5 Å². The van der Waals surface area contributed by atoms with Gasteiger partial charge < -0.3 is 0 Å². The van der Waals surface area contributed by atoms with Gasteiger partial charge in [-0.3, -0.25) is 0 Å². The van der Waals surface area contributed by atoms with Gasteiger partial charge in [-0.1, -0.05) is 24.3 Å². The van der Waals surface area contributed by atoms with Crippen LogP contribution in [0, 0.1) is 69.8 Å². The number of halogens is 12. The molecule has 4 rings (SSSR count). The van der Waals surface area contributed by atoms with E-state index in [2.05, 4.69) is 0 Å². The van der Waals surface area contributed by atoms with Crippen LogP contribution < -0.4 is 36.6 Å². The number of rotatable bonds is 4. The van der Waals surface area contributed by atoms with Crippen molar-refractivity contribution in [3.63, 3.8) is 0 Å². The molecular weight excluding hydrogens is 550 g/mol. The van der Waals surface area contributed by atoms with Gasteiger partial charge in [-0.05, 0) is 24.3 Å². The quantitative estimate of drug-likeness (QED) is 0.204. The topological polar surface area (TPSA) is 0 Å². The second-order valence-electron chi connectivity index (χ2n) is 7.92. The van der Waals surface area contributed by atoms with E-state index < -0.39 is 101 Å². The van der Waals surface area contributed by atoms with Crippen LogP contribution in [0.2, 0.25) is 0 Å². The Hall–Kier alpha value is -2.83. The maximum Gasteiger partial charge on any atom is 1.00 e. The van der Waals surface area contributed by atoms with Gasteiger partial charge in [0.15, 0.2) is 46.5 Å². The molecule has 0 aliphatic carbocycles. The van der Waals surface area contributed by atoms with Gasteiger partial charge in [0.1, 0.15) is 23.3 Å². The third-order valence-electron chi connectivity index (χ3n) is 6.13. The van der Waals surface area contributed by atoms with Gasteiger partial charge in [0.25, 0.3) is 13.1 Å². The third-order valence-corrected chi connectivity index (χ3v) is 11.6. The molecule has 0 nitrogen and oxygen atoms in total. The van der Waals surface area contributed by atoms with Gasteiger partial charge in [0.05, 0.1) is 0 Å². The van der Waals surface area contributed by atoms with Crippen LogP contribution in [-0.4, -0.2) is 13.1 Å². The third kappa shape index (κ3) is 4.32. The van der Waals surface area contributed by atoms with Crippen molar-refractivity contribution < 1.29 is 71.5 Å². The van der Waals surface area contributed by atoms with Gasteiger partial charge in [-0.25, -0.2) is 52.7 Å². The summed E-state index contributed by atoms with van der Waals surface area (Å²) in [6.07, 6.45) is 0. The maximum atomic E-state index is 15.3. The van der Waals surface area contributed by atoms with E-state index in [1.54, 1.807) is 0 Å². The van der Waals surface area contributed by atoms with Gasteiger partial charge in [0.2, 0.25) is 0 Å². The number of benzene rings is 4. The van der Waals surface area contributed by atoms with Crippen LogP contribution in [-0.2, 0) is 0 Å². The van der Waals surface area contributed by atoms with Crippen molar-refractivity contribution in [3.05, 3.63) is 118 Å². The molecule has 0 radical (unpaired) electrons. The fourth-order valence-electron chi connectivity index (χ4n) is 4.51.